The fraction of sp³-hybridized carbons (Fsp3) is 0.0645. The number of benzene rings is 11. The third kappa shape index (κ3) is 7.25. The summed E-state index contributed by atoms with van der Waals surface area (Å²) in [5, 5.41) is 13.0. The Hall–Kier alpha value is -7.54. The Morgan fingerprint density at radius 2 is 0.935 bits per heavy atom. The van der Waals surface area contributed by atoms with E-state index in [9.17, 15) is 0 Å². The molecule has 0 heteroatoms. The van der Waals surface area contributed by atoms with Gasteiger partial charge in [-0.1, -0.05) is 212 Å². The molecule has 0 spiro atoms. The predicted octanol–water partition coefficient (Wildman–Crippen LogP) is 16.8. The quantitative estimate of drug-likeness (QED) is 0.121. The lowest BCUT2D eigenvalue weighted by Crippen LogP contribution is -2.04. The highest BCUT2D eigenvalue weighted by Crippen LogP contribution is 2.39. The van der Waals surface area contributed by atoms with Crippen molar-refractivity contribution in [1.82, 2.24) is 0 Å². The highest BCUT2D eigenvalue weighted by atomic mass is 14.2. The Labute approximate surface area is 364 Å². The molecule has 294 valence electrons. The van der Waals surface area contributed by atoms with Gasteiger partial charge in [-0.2, -0.15) is 0 Å². The highest BCUT2D eigenvalue weighted by Gasteiger charge is 2.18. The van der Waals surface area contributed by atoms with Crippen molar-refractivity contribution < 1.29 is 0 Å². The van der Waals surface area contributed by atoms with E-state index < -0.39 is 0 Å². The molecular weight excluding hydrogens is 745 g/mol. The van der Waals surface area contributed by atoms with Gasteiger partial charge in [-0.3, -0.25) is 0 Å². The average Bonchev–Trinajstić information content (AvgIpc) is 3.34. The molecule has 1 unspecified atom stereocenters. The van der Waals surface area contributed by atoms with Gasteiger partial charge in [-0.15, -0.1) is 0 Å². The first-order valence-corrected chi connectivity index (χ1v) is 22.0. The van der Waals surface area contributed by atoms with Crippen LogP contribution in [0.3, 0.4) is 0 Å². The number of hydrogen-bond donors (Lipinski definition) is 0. The topological polar surface area (TPSA) is 0 Å². The van der Waals surface area contributed by atoms with Crippen LogP contribution in [-0.2, 0) is 12.8 Å². The molecule has 1 atom stereocenters. The molecule has 0 aliphatic heterocycles. The Kier molecular flexibility index (Phi) is 9.96. The van der Waals surface area contributed by atoms with Gasteiger partial charge < -0.3 is 0 Å². The lowest BCUT2D eigenvalue weighted by atomic mass is 9.83. The van der Waals surface area contributed by atoms with Crippen molar-refractivity contribution in [1.29, 1.82) is 0 Å². The second-order valence-corrected chi connectivity index (χ2v) is 16.7. The summed E-state index contributed by atoms with van der Waals surface area (Å²) in [5.74, 6) is 0.240. The van der Waals surface area contributed by atoms with Crippen LogP contribution in [0.1, 0.15) is 40.2 Å². The first-order chi connectivity index (χ1) is 30.7. The second kappa shape index (κ2) is 16.5. The summed E-state index contributed by atoms with van der Waals surface area (Å²) in [6, 6.07) is 83.1. The molecule has 0 aliphatic carbocycles. The van der Waals surface area contributed by atoms with E-state index in [0.29, 0.717) is 0 Å². The van der Waals surface area contributed by atoms with Crippen LogP contribution in [0.4, 0.5) is 0 Å². The van der Waals surface area contributed by atoms with Crippen LogP contribution in [0.25, 0.3) is 82.2 Å². The largest absolute Gasteiger partial charge is 0.0795 e. The van der Waals surface area contributed by atoms with Gasteiger partial charge in [0.1, 0.15) is 0 Å². The summed E-state index contributed by atoms with van der Waals surface area (Å²) in [5.41, 5.74) is 11.7. The molecule has 11 rings (SSSR count). The zero-order chi connectivity index (χ0) is 41.2. The van der Waals surface area contributed by atoms with Crippen LogP contribution in [0.2, 0.25) is 0 Å². The Morgan fingerprint density at radius 3 is 1.68 bits per heavy atom. The number of rotatable bonds is 10. The van der Waals surface area contributed by atoms with Crippen molar-refractivity contribution in [2.24, 2.45) is 0 Å². The summed E-state index contributed by atoms with van der Waals surface area (Å²) in [6.07, 6.45) is 7.48. The van der Waals surface area contributed by atoms with E-state index in [4.69, 9.17) is 0 Å². The van der Waals surface area contributed by atoms with E-state index in [1.54, 1.807) is 0 Å². The van der Waals surface area contributed by atoms with Crippen LogP contribution in [0, 0.1) is 0 Å². The lowest BCUT2D eigenvalue weighted by Gasteiger charge is -2.21. The third-order valence-corrected chi connectivity index (χ3v) is 13.0. The molecule has 0 bridgehead atoms. The number of fused-ring (bicyclic) bond motifs is 7. The maximum Gasteiger partial charge on any atom is 0.00927 e. The van der Waals surface area contributed by atoms with Crippen LogP contribution in [0.5, 0.6) is 0 Å². The number of hydrogen-bond acceptors (Lipinski definition) is 0. The summed E-state index contributed by atoms with van der Waals surface area (Å²) >= 11 is 0. The van der Waals surface area contributed by atoms with Crippen LogP contribution >= 0.6 is 0 Å². The molecule has 0 aliphatic rings. The molecule has 0 radical (unpaired) electrons. The summed E-state index contributed by atoms with van der Waals surface area (Å²) < 4.78 is 0. The normalized spacial score (nSPS) is 12.3. The lowest BCUT2D eigenvalue weighted by molar-refractivity contribution is 0.718. The van der Waals surface area contributed by atoms with E-state index >= 15 is 0 Å². The van der Waals surface area contributed by atoms with E-state index in [2.05, 4.69) is 237 Å². The third-order valence-electron chi connectivity index (χ3n) is 13.0. The van der Waals surface area contributed by atoms with Gasteiger partial charge in [0.05, 0.1) is 0 Å². The van der Waals surface area contributed by atoms with Gasteiger partial charge in [0.2, 0.25) is 0 Å². The molecule has 0 nitrogen and oxygen atoms in total. The number of allylic oxidation sites excluding steroid dienone is 1. The first-order valence-electron chi connectivity index (χ1n) is 22.0. The SMILES string of the molecule is C(=Cc1ccc2c(-c3ccccc3)cc3ccccc3c2c1)Cc1ccc(C(CCc2cccc3ccccc23)c2ccc3cc(-c4ccccc4)c4ccccc4c3c2)cc1. The van der Waals surface area contributed by atoms with Gasteiger partial charge in [-0.05, 0) is 147 Å². The molecule has 0 saturated heterocycles. The minimum atomic E-state index is 0.240. The second-order valence-electron chi connectivity index (χ2n) is 16.7. The molecule has 11 aromatic carbocycles. The zero-order valence-corrected chi connectivity index (χ0v) is 34.7. The monoisotopic (exact) mass is 790 g/mol. The minimum absolute atomic E-state index is 0.240. The van der Waals surface area contributed by atoms with Gasteiger partial charge in [0, 0.05) is 5.92 Å². The van der Waals surface area contributed by atoms with Crippen molar-refractivity contribution in [3.63, 3.8) is 0 Å². The van der Waals surface area contributed by atoms with Gasteiger partial charge in [0.25, 0.3) is 0 Å². The van der Waals surface area contributed by atoms with Crippen molar-refractivity contribution in [3.8, 4) is 22.3 Å². The van der Waals surface area contributed by atoms with E-state index in [0.717, 1.165) is 19.3 Å². The van der Waals surface area contributed by atoms with Crippen molar-refractivity contribution in [2.45, 2.75) is 25.2 Å². The van der Waals surface area contributed by atoms with Gasteiger partial charge in [0.15, 0.2) is 0 Å². The maximum absolute atomic E-state index is 2.48. The van der Waals surface area contributed by atoms with Crippen LogP contribution in [0.15, 0.2) is 231 Å². The highest BCUT2D eigenvalue weighted by molar-refractivity contribution is 6.15. The molecule has 0 amide bonds. The van der Waals surface area contributed by atoms with Gasteiger partial charge >= 0.3 is 0 Å². The molecule has 0 fully saturated rings. The zero-order valence-electron chi connectivity index (χ0n) is 34.7. The van der Waals surface area contributed by atoms with E-state index in [-0.39, 0.29) is 5.92 Å². The van der Waals surface area contributed by atoms with Crippen molar-refractivity contribution in [2.75, 3.05) is 0 Å². The van der Waals surface area contributed by atoms with Crippen molar-refractivity contribution in [3.05, 3.63) is 258 Å². The van der Waals surface area contributed by atoms with E-state index in [1.165, 1.54) is 104 Å². The standard InChI is InChI=1S/C62H46/c1-3-17-46(18-4-1)59-42-52-35-34-51(41-61(52)57-28-12-11-27-56(57)59)54(38-36-48-24-14-23-45-21-7-9-25-53(45)48)49-32-29-43(30-33-49)15-13-16-44-31-37-58-60(47-19-5-2-6-20-47)40-50-22-8-10-26-55(50)62(58)39-44/h1-14,16-35,37,39-42,54H,15,36,38H2. The molecule has 0 N–H and O–H groups in total. The molecule has 0 aromatic heterocycles. The Bertz CT molecular complexity index is 3410. The van der Waals surface area contributed by atoms with Crippen LogP contribution in [-0.4, -0.2) is 0 Å². The minimum Gasteiger partial charge on any atom is -0.0795 e. The average molecular weight is 791 g/mol. The fourth-order valence-electron chi connectivity index (χ4n) is 9.83. The van der Waals surface area contributed by atoms with E-state index in [1.807, 2.05) is 0 Å². The van der Waals surface area contributed by atoms with Crippen molar-refractivity contribution >= 4 is 59.9 Å². The Balaban J connectivity index is 0.915. The number of aryl methyl sites for hydroxylation is 1. The smallest absolute Gasteiger partial charge is 0.00927 e. The molecule has 0 heterocycles. The first kappa shape index (κ1) is 37.5. The summed E-state index contributed by atoms with van der Waals surface area (Å²) in [4.78, 5) is 0. The fourth-order valence-corrected chi connectivity index (χ4v) is 9.83. The molecule has 0 saturated carbocycles. The van der Waals surface area contributed by atoms with Gasteiger partial charge in [-0.25, -0.2) is 0 Å². The molecular formula is C62H46. The maximum atomic E-state index is 2.48. The summed E-state index contributed by atoms with van der Waals surface area (Å²) in [7, 11) is 0. The molecule has 62 heavy (non-hydrogen) atoms. The Morgan fingerprint density at radius 1 is 0.355 bits per heavy atom. The molecule has 11 aromatic rings. The van der Waals surface area contributed by atoms with Crippen LogP contribution < -0.4 is 0 Å². The predicted molar refractivity (Wildman–Crippen MR) is 267 cm³/mol. The summed E-state index contributed by atoms with van der Waals surface area (Å²) in [6.45, 7) is 0.